The molecule has 2 atom stereocenters. The number of hydrogen-bond donors (Lipinski definition) is 0. The maximum Gasteiger partial charge on any atom is 0.243 e. The number of carbonyl (C=O) groups is 1. The monoisotopic (exact) mass is 364 g/mol. The van der Waals surface area contributed by atoms with Crippen LogP contribution in [0.2, 0.25) is 0 Å². The highest BCUT2D eigenvalue weighted by molar-refractivity contribution is 7.89. The summed E-state index contributed by atoms with van der Waals surface area (Å²) in [5, 5.41) is 0. The van der Waals surface area contributed by atoms with E-state index in [0.717, 1.165) is 13.1 Å². The standard InChI is InChI=1S/C19H28N2O3S/c1-15-12-16(2)14-20(13-15)19(22)17-8-10-21(11-9-17)25(23,24)18-6-4-3-5-7-18/h3-7,15-17H,8-14H2,1-2H3/t15-,16-/m0/s1. The minimum atomic E-state index is -3.45. The summed E-state index contributed by atoms with van der Waals surface area (Å²) < 4.78 is 26.9. The van der Waals surface area contributed by atoms with Gasteiger partial charge in [-0.1, -0.05) is 32.0 Å². The van der Waals surface area contributed by atoms with Crippen molar-refractivity contribution in [2.24, 2.45) is 17.8 Å². The lowest BCUT2D eigenvalue weighted by Gasteiger charge is -2.39. The van der Waals surface area contributed by atoms with Crippen molar-refractivity contribution in [2.45, 2.75) is 38.0 Å². The van der Waals surface area contributed by atoms with Gasteiger partial charge in [0.1, 0.15) is 0 Å². The topological polar surface area (TPSA) is 57.7 Å². The zero-order valence-corrected chi connectivity index (χ0v) is 15.9. The lowest BCUT2D eigenvalue weighted by atomic mass is 9.89. The summed E-state index contributed by atoms with van der Waals surface area (Å²) in [5.41, 5.74) is 0. The molecule has 6 heteroatoms. The first kappa shape index (κ1) is 18.4. The molecule has 0 aliphatic carbocycles. The van der Waals surface area contributed by atoms with Crippen LogP contribution in [0.5, 0.6) is 0 Å². The summed E-state index contributed by atoms with van der Waals surface area (Å²) in [6.07, 6.45) is 2.41. The maximum atomic E-state index is 12.8. The van der Waals surface area contributed by atoms with Crippen molar-refractivity contribution in [2.75, 3.05) is 26.2 Å². The molecule has 0 spiro atoms. The number of piperidine rings is 2. The van der Waals surface area contributed by atoms with Crippen molar-refractivity contribution in [1.29, 1.82) is 0 Å². The Bertz CT molecular complexity index is 687. The predicted octanol–water partition coefficient (Wildman–Crippen LogP) is 2.59. The van der Waals surface area contributed by atoms with Gasteiger partial charge < -0.3 is 4.90 Å². The first-order chi connectivity index (χ1) is 11.9. The van der Waals surface area contributed by atoms with Gasteiger partial charge in [0.05, 0.1) is 4.90 Å². The molecule has 0 unspecified atom stereocenters. The smallest absolute Gasteiger partial charge is 0.243 e. The van der Waals surface area contributed by atoms with E-state index in [-0.39, 0.29) is 11.8 Å². The largest absolute Gasteiger partial charge is 0.342 e. The summed E-state index contributed by atoms with van der Waals surface area (Å²) in [6, 6.07) is 8.54. The van der Waals surface area contributed by atoms with Gasteiger partial charge in [0.15, 0.2) is 0 Å². The second-order valence-corrected chi connectivity index (χ2v) is 9.62. The number of nitrogens with zero attached hydrogens (tertiary/aromatic N) is 2. The fourth-order valence-corrected chi connectivity index (χ4v) is 5.68. The number of amides is 1. The Balaban J connectivity index is 1.61. The molecule has 1 aromatic carbocycles. The van der Waals surface area contributed by atoms with E-state index in [0.29, 0.717) is 42.7 Å². The lowest BCUT2D eigenvalue weighted by molar-refractivity contribution is -0.139. The van der Waals surface area contributed by atoms with Crippen molar-refractivity contribution in [1.82, 2.24) is 9.21 Å². The second-order valence-electron chi connectivity index (χ2n) is 7.68. The van der Waals surface area contributed by atoms with Gasteiger partial charge in [0, 0.05) is 32.1 Å². The Morgan fingerprint density at radius 2 is 1.56 bits per heavy atom. The fourth-order valence-electron chi connectivity index (χ4n) is 4.19. The fraction of sp³-hybridized carbons (Fsp3) is 0.632. The minimum Gasteiger partial charge on any atom is -0.342 e. The van der Waals surface area contributed by atoms with Crippen LogP contribution in [0.15, 0.2) is 35.2 Å². The quantitative estimate of drug-likeness (QED) is 0.828. The van der Waals surface area contributed by atoms with Gasteiger partial charge >= 0.3 is 0 Å². The average molecular weight is 365 g/mol. The van der Waals surface area contributed by atoms with E-state index >= 15 is 0 Å². The highest BCUT2D eigenvalue weighted by Gasteiger charge is 2.35. The molecule has 2 fully saturated rings. The third kappa shape index (κ3) is 4.06. The number of benzene rings is 1. The van der Waals surface area contributed by atoms with Crippen LogP contribution in [0.25, 0.3) is 0 Å². The molecule has 3 rings (SSSR count). The molecule has 2 aliphatic heterocycles. The van der Waals surface area contributed by atoms with E-state index in [1.165, 1.54) is 10.7 Å². The van der Waals surface area contributed by atoms with Gasteiger partial charge in [-0.25, -0.2) is 8.42 Å². The zero-order valence-electron chi connectivity index (χ0n) is 15.1. The van der Waals surface area contributed by atoms with Crippen LogP contribution in [-0.4, -0.2) is 49.7 Å². The van der Waals surface area contributed by atoms with Crippen LogP contribution in [0.3, 0.4) is 0 Å². The maximum absolute atomic E-state index is 12.8. The van der Waals surface area contributed by atoms with Crippen LogP contribution in [0.1, 0.15) is 33.1 Å². The molecule has 0 bridgehead atoms. The third-order valence-corrected chi connectivity index (χ3v) is 7.28. The summed E-state index contributed by atoms with van der Waals surface area (Å²) in [7, 11) is -3.45. The third-order valence-electron chi connectivity index (χ3n) is 5.36. The Kier molecular flexibility index (Phi) is 5.49. The molecular formula is C19H28N2O3S. The summed E-state index contributed by atoms with van der Waals surface area (Å²) in [6.45, 7) is 6.92. The molecule has 2 saturated heterocycles. The summed E-state index contributed by atoms with van der Waals surface area (Å²) in [4.78, 5) is 15.2. The SMILES string of the molecule is C[C@H]1C[C@H](C)CN(C(=O)C2CCN(S(=O)(=O)c3ccccc3)CC2)C1. The second kappa shape index (κ2) is 7.46. The molecule has 2 heterocycles. The Labute approximate surface area is 151 Å². The van der Waals surface area contributed by atoms with Gasteiger partial charge in [-0.2, -0.15) is 4.31 Å². The lowest BCUT2D eigenvalue weighted by Crippen LogP contribution is -2.48. The van der Waals surface area contributed by atoms with Gasteiger partial charge in [-0.05, 0) is 43.2 Å². The number of hydrogen-bond acceptors (Lipinski definition) is 3. The molecule has 0 saturated carbocycles. The van der Waals surface area contributed by atoms with E-state index in [4.69, 9.17) is 0 Å². The molecule has 2 aliphatic rings. The van der Waals surface area contributed by atoms with E-state index < -0.39 is 10.0 Å². The van der Waals surface area contributed by atoms with Gasteiger partial charge in [-0.3, -0.25) is 4.79 Å². The highest BCUT2D eigenvalue weighted by atomic mass is 32.2. The normalized spacial score (nSPS) is 26.6. The first-order valence-corrected chi connectivity index (χ1v) is 10.7. The van der Waals surface area contributed by atoms with Crippen LogP contribution in [-0.2, 0) is 14.8 Å². The number of sulfonamides is 1. The summed E-state index contributed by atoms with van der Waals surface area (Å²) >= 11 is 0. The zero-order chi connectivity index (χ0) is 18.0. The molecular weight excluding hydrogens is 336 g/mol. The first-order valence-electron chi connectivity index (χ1n) is 9.22. The van der Waals surface area contributed by atoms with Crippen LogP contribution in [0, 0.1) is 17.8 Å². The van der Waals surface area contributed by atoms with Gasteiger partial charge in [0.25, 0.3) is 0 Å². The van der Waals surface area contributed by atoms with Crippen LogP contribution in [0.4, 0.5) is 0 Å². The van der Waals surface area contributed by atoms with Crippen molar-refractivity contribution in [3.05, 3.63) is 30.3 Å². The molecule has 5 nitrogen and oxygen atoms in total. The Hall–Kier alpha value is -1.40. The number of rotatable bonds is 3. The molecule has 0 N–H and O–H groups in total. The van der Waals surface area contributed by atoms with Crippen molar-refractivity contribution in [3.63, 3.8) is 0 Å². The van der Waals surface area contributed by atoms with E-state index in [9.17, 15) is 13.2 Å². The van der Waals surface area contributed by atoms with Gasteiger partial charge in [0.2, 0.25) is 15.9 Å². The molecule has 25 heavy (non-hydrogen) atoms. The Morgan fingerprint density at radius 1 is 1.00 bits per heavy atom. The van der Waals surface area contributed by atoms with Crippen molar-refractivity contribution >= 4 is 15.9 Å². The van der Waals surface area contributed by atoms with Gasteiger partial charge in [-0.15, -0.1) is 0 Å². The number of carbonyl (C=O) groups excluding carboxylic acids is 1. The van der Waals surface area contributed by atoms with Crippen molar-refractivity contribution < 1.29 is 13.2 Å². The number of likely N-dealkylation sites (tertiary alicyclic amines) is 1. The van der Waals surface area contributed by atoms with E-state index in [1.54, 1.807) is 24.3 Å². The van der Waals surface area contributed by atoms with Crippen molar-refractivity contribution in [3.8, 4) is 0 Å². The average Bonchev–Trinajstić information content (AvgIpc) is 2.61. The van der Waals surface area contributed by atoms with E-state index in [1.807, 2.05) is 11.0 Å². The minimum absolute atomic E-state index is 0.0419. The van der Waals surface area contributed by atoms with E-state index in [2.05, 4.69) is 13.8 Å². The molecule has 0 radical (unpaired) electrons. The molecule has 1 aromatic rings. The molecule has 0 aromatic heterocycles. The predicted molar refractivity (Wildman–Crippen MR) is 97.4 cm³/mol. The van der Waals surface area contributed by atoms with Crippen LogP contribution >= 0.6 is 0 Å². The Morgan fingerprint density at radius 3 is 2.12 bits per heavy atom. The highest BCUT2D eigenvalue weighted by Crippen LogP contribution is 2.28. The molecule has 138 valence electrons. The molecule has 1 amide bonds. The van der Waals surface area contributed by atoms with Crippen LogP contribution < -0.4 is 0 Å². The summed E-state index contributed by atoms with van der Waals surface area (Å²) in [5.74, 6) is 1.27.